The summed E-state index contributed by atoms with van der Waals surface area (Å²) in [5, 5.41) is 6.04. The lowest BCUT2D eigenvalue weighted by Gasteiger charge is -2.37. The first-order chi connectivity index (χ1) is 16.0. The lowest BCUT2D eigenvalue weighted by atomic mass is 9.90. The van der Waals surface area contributed by atoms with Gasteiger partial charge in [-0.3, -0.25) is 9.59 Å². The van der Waals surface area contributed by atoms with Crippen molar-refractivity contribution in [2.24, 2.45) is 5.41 Å². The largest absolute Gasteiger partial charge is 0.373 e. The zero-order valence-corrected chi connectivity index (χ0v) is 21.4. The van der Waals surface area contributed by atoms with Gasteiger partial charge in [0.1, 0.15) is 11.9 Å². The Bertz CT molecular complexity index is 973. The summed E-state index contributed by atoms with van der Waals surface area (Å²) in [5.74, 6) is 0.365. The molecule has 1 aliphatic rings. The summed E-state index contributed by atoms with van der Waals surface area (Å²) >= 11 is 0. The molecule has 0 bridgehead atoms. The Kier molecular flexibility index (Phi) is 8.39. The predicted molar refractivity (Wildman–Crippen MR) is 137 cm³/mol. The average molecular weight is 468 g/mol. The number of para-hydroxylation sites is 2. The Hall–Kier alpha value is -2.83. The van der Waals surface area contributed by atoms with Crippen molar-refractivity contribution in [3.63, 3.8) is 0 Å². The van der Waals surface area contributed by atoms with Gasteiger partial charge in [-0.1, -0.05) is 39.5 Å². The molecular weight excluding hydrogens is 426 g/mol. The number of carbonyl (C=O) groups is 2. The summed E-state index contributed by atoms with van der Waals surface area (Å²) in [6.45, 7) is 15.7. The normalized spacial score (nSPS) is 18.4. The SMILES string of the molecule is C=C(C[C@H](NC(=O)CCC(C)(C)C)C(=O)N[C@H](C)c1nc2ccccc2[nH]1)N1CCCC[C@@H]1C. The molecule has 7 heteroatoms. The molecule has 0 spiro atoms. The van der Waals surface area contributed by atoms with Crippen LogP contribution in [0.2, 0.25) is 0 Å². The van der Waals surface area contributed by atoms with E-state index in [1.165, 1.54) is 6.42 Å². The number of aromatic nitrogens is 2. The summed E-state index contributed by atoms with van der Waals surface area (Å²) in [6, 6.07) is 7.18. The summed E-state index contributed by atoms with van der Waals surface area (Å²) in [4.78, 5) is 36.3. The minimum Gasteiger partial charge on any atom is -0.373 e. The maximum absolute atomic E-state index is 13.4. The molecular formula is C27H41N5O2. The van der Waals surface area contributed by atoms with Crippen LogP contribution in [0.4, 0.5) is 0 Å². The lowest BCUT2D eigenvalue weighted by Crippen LogP contribution is -2.49. The quantitative estimate of drug-likeness (QED) is 0.493. The molecule has 0 saturated carbocycles. The molecule has 186 valence electrons. The number of carbonyl (C=O) groups excluding carboxylic acids is 2. The van der Waals surface area contributed by atoms with Gasteiger partial charge < -0.3 is 20.5 Å². The summed E-state index contributed by atoms with van der Waals surface area (Å²) in [7, 11) is 0. The van der Waals surface area contributed by atoms with Crippen molar-refractivity contribution in [1.82, 2.24) is 25.5 Å². The minimum absolute atomic E-state index is 0.0533. The Morgan fingerprint density at radius 1 is 1.24 bits per heavy atom. The molecule has 7 nitrogen and oxygen atoms in total. The first-order valence-corrected chi connectivity index (χ1v) is 12.5. The molecule has 0 unspecified atom stereocenters. The van der Waals surface area contributed by atoms with E-state index in [-0.39, 0.29) is 23.3 Å². The minimum atomic E-state index is -0.680. The number of hydrogen-bond acceptors (Lipinski definition) is 4. The first-order valence-electron chi connectivity index (χ1n) is 12.5. The highest BCUT2D eigenvalue weighted by atomic mass is 16.2. The zero-order valence-electron chi connectivity index (χ0n) is 21.4. The van der Waals surface area contributed by atoms with Gasteiger partial charge in [0.05, 0.1) is 17.1 Å². The van der Waals surface area contributed by atoms with Gasteiger partial charge in [-0.25, -0.2) is 4.98 Å². The van der Waals surface area contributed by atoms with Crippen molar-refractivity contribution in [2.45, 2.75) is 91.3 Å². The molecule has 1 saturated heterocycles. The first kappa shape index (κ1) is 25.8. The van der Waals surface area contributed by atoms with Crippen molar-refractivity contribution in [2.75, 3.05) is 6.54 Å². The lowest BCUT2D eigenvalue weighted by molar-refractivity contribution is -0.129. The standard InChI is InChI=1S/C27H41N5O2/c1-18-11-9-10-16-32(18)19(2)17-23(29-24(33)14-15-27(4,5)6)26(34)28-20(3)25-30-21-12-7-8-13-22(21)31-25/h7-8,12-13,18,20,23H,2,9-11,14-17H2,1,3-6H3,(H,28,34)(H,29,33)(H,30,31)/t18-,20+,23-/m0/s1. The van der Waals surface area contributed by atoms with Gasteiger partial charge in [0.2, 0.25) is 11.8 Å². The second-order valence-corrected chi connectivity index (χ2v) is 10.9. The number of aromatic amines is 1. The smallest absolute Gasteiger partial charge is 0.243 e. The van der Waals surface area contributed by atoms with Crippen LogP contribution in [0.15, 0.2) is 36.5 Å². The zero-order chi connectivity index (χ0) is 24.9. The number of imidazole rings is 1. The maximum Gasteiger partial charge on any atom is 0.243 e. The third-order valence-electron chi connectivity index (χ3n) is 6.58. The van der Waals surface area contributed by atoms with E-state index in [1.54, 1.807) is 0 Å². The number of fused-ring (bicyclic) bond motifs is 1. The van der Waals surface area contributed by atoms with E-state index in [0.717, 1.165) is 42.5 Å². The number of nitrogens with zero attached hydrogens (tertiary/aromatic N) is 2. The summed E-state index contributed by atoms with van der Waals surface area (Å²) in [5.41, 5.74) is 2.74. The molecule has 3 atom stereocenters. The van der Waals surface area contributed by atoms with Crippen molar-refractivity contribution in [3.05, 3.63) is 42.4 Å². The Morgan fingerprint density at radius 3 is 2.65 bits per heavy atom. The number of hydrogen-bond donors (Lipinski definition) is 3. The van der Waals surface area contributed by atoms with E-state index < -0.39 is 6.04 Å². The molecule has 2 aromatic rings. The van der Waals surface area contributed by atoms with E-state index in [1.807, 2.05) is 31.2 Å². The van der Waals surface area contributed by atoms with Gasteiger partial charge in [-0.2, -0.15) is 0 Å². The molecule has 1 aliphatic heterocycles. The maximum atomic E-state index is 13.4. The monoisotopic (exact) mass is 467 g/mol. The van der Waals surface area contributed by atoms with E-state index in [0.29, 0.717) is 24.7 Å². The van der Waals surface area contributed by atoms with Crippen LogP contribution < -0.4 is 10.6 Å². The van der Waals surface area contributed by atoms with Crippen LogP contribution in [0.25, 0.3) is 11.0 Å². The second-order valence-electron chi connectivity index (χ2n) is 10.9. The third-order valence-corrected chi connectivity index (χ3v) is 6.58. The van der Waals surface area contributed by atoms with Crippen LogP contribution in [0.1, 0.15) is 85.0 Å². The number of nitrogens with one attached hydrogen (secondary N) is 3. The van der Waals surface area contributed by atoms with Gasteiger partial charge in [-0.15, -0.1) is 0 Å². The van der Waals surface area contributed by atoms with Crippen molar-refractivity contribution in [1.29, 1.82) is 0 Å². The molecule has 3 rings (SSSR count). The highest BCUT2D eigenvalue weighted by Crippen LogP contribution is 2.24. The van der Waals surface area contributed by atoms with E-state index >= 15 is 0 Å². The van der Waals surface area contributed by atoms with Crippen LogP contribution in [0.3, 0.4) is 0 Å². The van der Waals surface area contributed by atoms with E-state index in [2.05, 4.69) is 59.8 Å². The fourth-order valence-corrected chi connectivity index (χ4v) is 4.45. The molecule has 1 aromatic carbocycles. The fourth-order valence-electron chi connectivity index (χ4n) is 4.45. The molecule has 3 N–H and O–H groups in total. The molecule has 0 aliphatic carbocycles. The Labute approximate surface area is 203 Å². The average Bonchev–Trinajstić information content (AvgIpc) is 3.21. The molecule has 2 amide bonds. The molecule has 1 fully saturated rings. The van der Waals surface area contributed by atoms with Gasteiger partial charge in [0.25, 0.3) is 0 Å². The summed E-state index contributed by atoms with van der Waals surface area (Å²) < 4.78 is 0. The number of amides is 2. The predicted octanol–water partition coefficient (Wildman–Crippen LogP) is 4.83. The van der Waals surface area contributed by atoms with Crippen molar-refractivity contribution >= 4 is 22.8 Å². The molecule has 1 aromatic heterocycles. The number of benzene rings is 1. The number of rotatable bonds is 9. The second kappa shape index (κ2) is 11.1. The summed E-state index contributed by atoms with van der Waals surface area (Å²) in [6.07, 6.45) is 5.00. The van der Waals surface area contributed by atoms with Crippen LogP contribution in [0, 0.1) is 5.41 Å². The number of likely N-dealkylation sites (tertiary alicyclic amines) is 1. The highest BCUT2D eigenvalue weighted by molar-refractivity contribution is 5.88. The Morgan fingerprint density at radius 2 is 1.97 bits per heavy atom. The van der Waals surface area contributed by atoms with E-state index in [4.69, 9.17) is 0 Å². The van der Waals surface area contributed by atoms with Crippen LogP contribution in [-0.4, -0.2) is 45.3 Å². The van der Waals surface area contributed by atoms with Gasteiger partial charge in [0.15, 0.2) is 0 Å². The van der Waals surface area contributed by atoms with Crippen molar-refractivity contribution in [3.8, 4) is 0 Å². The topological polar surface area (TPSA) is 90.1 Å². The van der Waals surface area contributed by atoms with Gasteiger partial charge in [0, 0.05) is 31.1 Å². The number of H-pyrrole nitrogens is 1. The van der Waals surface area contributed by atoms with E-state index in [9.17, 15) is 9.59 Å². The molecule has 2 heterocycles. The van der Waals surface area contributed by atoms with Gasteiger partial charge in [-0.05, 0) is 57.1 Å². The Balaban J connectivity index is 1.70. The molecule has 34 heavy (non-hydrogen) atoms. The van der Waals surface area contributed by atoms with Gasteiger partial charge >= 0.3 is 0 Å². The molecule has 0 radical (unpaired) electrons. The van der Waals surface area contributed by atoms with Crippen molar-refractivity contribution < 1.29 is 9.59 Å². The highest BCUT2D eigenvalue weighted by Gasteiger charge is 2.28. The van der Waals surface area contributed by atoms with Crippen LogP contribution in [-0.2, 0) is 9.59 Å². The number of piperidine rings is 1. The fraction of sp³-hybridized carbons (Fsp3) is 0.593. The third kappa shape index (κ3) is 7.08. The van der Waals surface area contributed by atoms with Crippen LogP contribution >= 0.6 is 0 Å². The van der Waals surface area contributed by atoms with Crippen LogP contribution in [0.5, 0.6) is 0 Å².